The number of unbranched alkanes of at least 4 members (excludes halogenated alkanes) is 1. The third-order valence-corrected chi connectivity index (χ3v) is 22.6. The first-order valence-corrected chi connectivity index (χ1v) is 37.6. The molecule has 10 rings (SSSR count). The van der Waals surface area contributed by atoms with Crippen molar-refractivity contribution in [3.05, 3.63) is 116 Å². The highest BCUT2D eigenvalue weighted by atomic mass is 35.5. The number of amides is 6. The van der Waals surface area contributed by atoms with Gasteiger partial charge in [0.25, 0.3) is 0 Å². The molecule has 0 spiro atoms. The molecule has 4 heterocycles. The molecule has 6 aliphatic rings. The number of rotatable bonds is 29. The number of halogens is 2. The summed E-state index contributed by atoms with van der Waals surface area (Å²) in [6.07, 6.45) is 8.65. The number of piperazine rings is 1. The molecule has 6 N–H and O–H groups in total. The first-order valence-electron chi connectivity index (χ1n) is 33.7. The number of likely N-dealkylation sites (tertiary alicyclic amines) is 3. The number of urea groups is 2. The number of nitriles is 2. The Labute approximate surface area is 573 Å². The molecule has 4 aliphatic heterocycles. The highest BCUT2D eigenvalue weighted by molar-refractivity contribution is 7.91. The largest absolute Gasteiger partial charge is 0.484 e. The van der Waals surface area contributed by atoms with Crippen LogP contribution in [0.25, 0.3) is 0 Å². The summed E-state index contributed by atoms with van der Waals surface area (Å²) in [6, 6.07) is 22.5. The standard InChI is InChI=1S/C68H88Cl2N12O12S2/c69-50-38-48(44-71)56-42-61(79-26-6-1-7-27-79)63(58(56)40-50)93-52-12-16-54(17-13-52)95(87,88)46-47-10-2-8-28-81(65(47)83)32-36-91-34-24-76-67(85)74-20-4-5-21-75-68(86)77-25-35-92-37-33-82-29-9-3-11-60(66(82)84)78-96(89,90)55-18-14-53(15-19-55)94-64-59-41-51(70)39-49(45-72)57(59)43-62(64)80-30-22-73-23-31-80/h12-19,38-41,47,60-64,73,78H,1-11,20-37,42-43,46H2,(H2,74,76,85)(H2,75,77,86)/t47?,60?,61-,62-,63-,64-/m0/s1. The Morgan fingerprint density at radius 1 is 0.562 bits per heavy atom. The van der Waals surface area contributed by atoms with Gasteiger partial charge in [-0.3, -0.25) is 19.4 Å². The second kappa shape index (κ2) is 34.6. The third kappa shape index (κ3) is 19.1. The Hall–Kier alpha value is -6.82. The highest BCUT2D eigenvalue weighted by Crippen LogP contribution is 2.44. The maximum atomic E-state index is 13.8. The number of benzene rings is 4. The number of carbonyl (C=O) groups excluding carboxylic acids is 4. The molecule has 6 atom stereocenters. The molecule has 0 radical (unpaired) electrons. The van der Waals surface area contributed by atoms with Gasteiger partial charge in [0.2, 0.25) is 21.8 Å². The number of piperidine rings is 1. The Morgan fingerprint density at radius 3 is 1.55 bits per heavy atom. The zero-order chi connectivity index (χ0) is 67.6. The molecule has 2 unspecified atom stereocenters. The number of fused-ring (bicyclic) bond motifs is 2. The van der Waals surface area contributed by atoms with Crippen molar-refractivity contribution in [1.29, 1.82) is 10.5 Å². The van der Waals surface area contributed by atoms with Crippen LogP contribution in [0.2, 0.25) is 10.0 Å². The van der Waals surface area contributed by atoms with Gasteiger partial charge in [0.1, 0.15) is 29.7 Å². The lowest BCUT2D eigenvalue weighted by Crippen LogP contribution is -2.50. The summed E-state index contributed by atoms with van der Waals surface area (Å²) < 4.78 is 82.4. The van der Waals surface area contributed by atoms with Crippen molar-refractivity contribution >= 4 is 66.9 Å². The van der Waals surface area contributed by atoms with E-state index in [0.717, 1.165) is 80.8 Å². The topological polar surface area (TPSA) is 306 Å². The molecule has 28 heteroatoms. The van der Waals surface area contributed by atoms with E-state index in [1.54, 1.807) is 46.2 Å². The number of sulfonamides is 1. The lowest BCUT2D eigenvalue weighted by molar-refractivity contribution is -0.135. The van der Waals surface area contributed by atoms with Crippen LogP contribution in [0.4, 0.5) is 9.59 Å². The van der Waals surface area contributed by atoms with Gasteiger partial charge >= 0.3 is 12.1 Å². The Morgan fingerprint density at radius 2 is 1.03 bits per heavy atom. The number of carbonyl (C=O) groups is 4. The van der Waals surface area contributed by atoms with Crippen molar-refractivity contribution < 1.29 is 55.0 Å². The van der Waals surface area contributed by atoms with Crippen molar-refractivity contribution in [2.75, 3.05) is 124 Å². The molecule has 6 amide bonds. The predicted octanol–water partition coefficient (Wildman–Crippen LogP) is 6.39. The molecule has 4 aromatic rings. The highest BCUT2D eigenvalue weighted by Gasteiger charge is 2.43. The lowest BCUT2D eigenvalue weighted by atomic mass is 10.0. The summed E-state index contributed by atoms with van der Waals surface area (Å²) in [5.74, 6) is -0.616. The van der Waals surface area contributed by atoms with Crippen LogP contribution in [0.1, 0.15) is 116 Å². The van der Waals surface area contributed by atoms with E-state index in [9.17, 15) is 46.5 Å². The average Bonchev–Trinajstić information content (AvgIpc) is 1.62. The summed E-state index contributed by atoms with van der Waals surface area (Å²) in [5, 5.41) is 35.2. The van der Waals surface area contributed by atoms with Gasteiger partial charge in [-0.1, -0.05) is 36.0 Å². The fourth-order valence-electron chi connectivity index (χ4n) is 13.9. The Kier molecular flexibility index (Phi) is 25.9. The molecule has 518 valence electrons. The monoisotopic (exact) mass is 1400 g/mol. The third-order valence-electron chi connectivity index (χ3n) is 18.8. The van der Waals surface area contributed by atoms with E-state index in [1.807, 2.05) is 12.1 Å². The molecule has 0 bridgehead atoms. The van der Waals surface area contributed by atoms with E-state index >= 15 is 0 Å². The van der Waals surface area contributed by atoms with Gasteiger partial charge < -0.3 is 55.3 Å². The van der Waals surface area contributed by atoms with Crippen molar-refractivity contribution in [3.8, 4) is 23.6 Å². The van der Waals surface area contributed by atoms with Crippen LogP contribution in [-0.2, 0) is 51.8 Å². The average molecular weight is 1400 g/mol. The number of nitrogens with zero attached hydrogens (tertiary/aromatic N) is 6. The predicted molar refractivity (Wildman–Crippen MR) is 361 cm³/mol. The number of sulfone groups is 1. The van der Waals surface area contributed by atoms with E-state index in [2.05, 4.69) is 53.2 Å². The second-order valence-corrected chi connectivity index (χ2v) is 29.9. The molecule has 0 saturated carbocycles. The molecule has 4 saturated heterocycles. The maximum absolute atomic E-state index is 13.8. The minimum absolute atomic E-state index is 0.00756. The summed E-state index contributed by atoms with van der Waals surface area (Å²) >= 11 is 12.9. The van der Waals surface area contributed by atoms with E-state index < -0.39 is 37.9 Å². The fourth-order valence-corrected chi connectivity index (χ4v) is 17.1. The number of hydrogen-bond acceptors (Lipinski definition) is 17. The first kappa shape index (κ1) is 71.9. The van der Waals surface area contributed by atoms with Crippen molar-refractivity contribution in [3.63, 3.8) is 0 Å². The van der Waals surface area contributed by atoms with Crippen LogP contribution >= 0.6 is 23.2 Å². The van der Waals surface area contributed by atoms with Crippen LogP contribution in [0.3, 0.4) is 0 Å². The molecule has 4 aromatic carbocycles. The molecular formula is C68H88Cl2N12O12S2. The summed E-state index contributed by atoms with van der Waals surface area (Å²) in [6.45, 7) is 8.67. The van der Waals surface area contributed by atoms with Gasteiger partial charge in [-0.05, 0) is 179 Å². The maximum Gasteiger partial charge on any atom is 0.314 e. The van der Waals surface area contributed by atoms with E-state index in [0.29, 0.717) is 117 Å². The molecule has 0 aromatic heterocycles. The van der Waals surface area contributed by atoms with Crippen LogP contribution in [0, 0.1) is 28.6 Å². The van der Waals surface area contributed by atoms with Gasteiger partial charge in [0.05, 0.1) is 83.2 Å². The lowest BCUT2D eigenvalue weighted by Gasteiger charge is -2.36. The van der Waals surface area contributed by atoms with Gasteiger partial charge in [0.15, 0.2) is 9.84 Å². The van der Waals surface area contributed by atoms with Crippen LogP contribution < -0.4 is 40.8 Å². The summed E-state index contributed by atoms with van der Waals surface area (Å²) in [7, 11) is -7.94. The molecule has 4 fully saturated rings. The smallest absolute Gasteiger partial charge is 0.314 e. The summed E-state index contributed by atoms with van der Waals surface area (Å²) in [5.41, 5.74) is 4.64. The van der Waals surface area contributed by atoms with Gasteiger partial charge in [-0.2, -0.15) is 15.2 Å². The van der Waals surface area contributed by atoms with Crippen LogP contribution in [0.15, 0.2) is 82.6 Å². The minimum Gasteiger partial charge on any atom is -0.484 e. The normalized spacial score (nSPS) is 21.8. The summed E-state index contributed by atoms with van der Waals surface area (Å²) in [4.78, 5) is 60.4. The molecular weight excluding hydrogens is 1310 g/mol. The first-order chi connectivity index (χ1) is 46.5. The second-order valence-electron chi connectivity index (χ2n) is 25.3. The Balaban J connectivity index is 0.555. The van der Waals surface area contributed by atoms with Crippen molar-refractivity contribution in [2.24, 2.45) is 5.92 Å². The molecule has 24 nitrogen and oxygen atoms in total. The Bertz CT molecular complexity index is 3430. The molecule has 96 heavy (non-hydrogen) atoms. The fraction of sp³-hybridized carbons (Fsp3) is 0.559. The minimum atomic E-state index is -4.10. The number of nitrogens with one attached hydrogen (secondary N) is 6. The van der Waals surface area contributed by atoms with Crippen molar-refractivity contribution in [1.82, 2.24) is 50.9 Å². The van der Waals surface area contributed by atoms with Crippen LogP contribution in [0.5, 0.6) is 11.5 Å². The van der Waals surface area contributed by atoms with Gasteiger partial charge in [0, 0.05) is 88.6 Å². The van der Waals surface area contributed by atoms with Crippen LogP contribution in [-0.4, -0.2) is 202 Å². The zero-order valence-corrected chi connectivity index (χ0v) is 57.3. The van der Waals surface area contributed by atoms with Crippen molar-refractivity contribution in [2.45, 2.75) is 124 Å². The van der Waals surface area contributed by atoms with E-state index in [4.69, 9.17) is 42.1 Å². The number of hydrogen-bond donors (Lipinski definition) is 6. The zero-order valence-electron chi connectivity index (χ0n) is 54.2. The van der Waals surface area contributed by atoms with E-state index in [-0.39, 0.29) is 110 Å². The number of ether oxygens (including phenoxy) is 4. The van der Waals surface area contributed by atoms with Gasteiger partial charge in [-0.25, -0.2) is 26.4 Å². The van der Waals surface area contributed by atoms with Gasteiger partial charge in [-0.15, -0.1) is 0 Å². The molecule has 2 aliphatic carbocycles. The van der Waals surface area contributed by atoms with E-state index in [1.165, 1.54) is 30.7 Å². The quantitative estimate of drug-likeness (QED) is 0.0321. The SMILES string of the molecule is N#Cc1cc(Cl)cc2c1C[C@H](N1CCCCC1)[C@H]2Oc1ccc(S(=O)(=O)CC2CCCCN(CCOCCNC(=O)NCCCCNC(=O)NCCOCCN3CCCCC(NS(=O)(=O)c4ccc(O[C@H]5c6cc(Cl)cc(C#N)c6C[C@@H]5N5CCNCC5)cc4)C3=O)C2=O)cc1.